The zero-order valence-electron chi connectivity index (χ0n) is 14.9. The fourth-order valence-electron chi connectivity index (χ4n) is 2.81. The van der Waals surface area contributed by atoms with Crippen LogP contribution in [-0.2, 0) is 19.1 Å². The predicted molar refractivity (Wildman–Crippen MR) is 84.2 cm³/mol. The highest BCUT2D eigenvalue weighted by molar-refractivity contribution is 6.22. The van der Waals surface area contributed by atoms with Gasteiger partial charge in [0.2, 0.25) is 5.91 Å². The molecule has 2 unspecified atom stereocenters. The van der Waals surface area contributed by atoms with Crippen LogP contribution >= 0.6 is 0 Å². The number of hydrogen-bond donors (Lipinski definition) is 0. The van der Waals surface area contributed by atoms with Crippen molar-refractivity contribution in [3.05, 3.63) is 0 Å². The lowest BCUT2D eigenvalue weighted by molar-refractivity contribution is -0.154. The summed E-state index contributed by atoms with van der Waals surface area (Å²) in [7, 11) is 0. The van der Waals surface area contributed by atoms with E-state index in [4.69, 9.17) is 4.74 Å². The number of likely N-dealkylation sites (tertiary alicyclic amines) is 1. The SMILES string of the molecule is CCOC(=O)C1C(=O)C(C(C)(C)C)N(CC(C)(C)CC)C1=O. The van der Waals surface area contributed by atoms with Gasteiger partial charge in [-0.1, -0.05) is 41.5 Å². The quantitative estimate of drug-likeness (QED) is 0.578. The zero-order chi connectivity index (χ0) is 17.3. The molecule has 0 aromatic rings. The summed E-state index contributed by atoms with van der Waals surface area (Å²) in [6, 6.07) is -0.583. The minimum Gasteiger partial charge on any atom is -0.465 e. The van der Waals surface area contributed by atoms with E-state index in [9.17, 15) is 14.4 Å². The summed E-state index contributed by atoms with van der Waals surface area (Å²) < 4.78 is 4.93. The third-order valence-corrected chi connectivity index (χ3v) is 4.29. The fourth-order valence-corrected chi connectivity index (χ4v) is 2.81. The zero-order valence-corrected chi connectivity index (χ0v) is 14.9. The Bertz CT molecular complexity index is 462. The van der Waals surface area contributed by atoms with Crippen LogP contribution in [0.25, 0.3) is 0 Å². The first-order valence-electron chi connectivity index (χ1n) is 7.97. The fraction of sp³-hybridized carbons (Fsp3) is 0.824. The summed E-state index contributed by atoms with van der Waals surface area (Å²) in [4.78, 5) is 39.0. The second-order valence-electron chi connectivity index (χ2n) is 7.84. The maximum absolute atomic E-state index is 12.7. The highest BCUT2D eigenvalue weighted by Crippen LogP contribution is 2.37. The van der Waals surface area contributed by atoms with Crippen LogP contribution in [-0.4, -0.2) is 41.8 Å². The molecular weight excluding hydrogens is 282 g/mol. The molecule has 0 bridgehead atoms. The average Bonchev–Trinajstić information content (AvgIpc) is 2.60. The molecule has 5 heteroatoms. The largest absolute Gasteiger partial charge is 0.465 e. The van der Waals surface area contributed by atoms with E-state index < -0.39 is 29.3 Å². The first kappa shape index (κ1) is 18.7. The molecule has 0 aromatic carbocycles. The summed E-state index contributed by atoms with van der Waals surface area (Å²) in [5, 5.41) is 0. The molecule has 1 fully saturated rings. The Balaban J connectivity index is 3.19. The van der Waals surface area contributed by atoms with Crippen molar-refractivity contribution in [2.45, 2.75) is 60.9 Å². The Hall–Kier alpha value is -1.39. The average molecular weight is 311 g/mol. The van der Waals surface area contributed by atoms with Gasteiger partial charge in [-0.3, -0.25) is 14.4 Å². The molecule has 0 radical (unpaired) electrons. The van der Waals surface area contributed by atoms with Crippen molar-refractivity contribution < 1.29 is 19.1 Å². The number of rotatable bonds is 5. The van der Waals surface area contributed by atoms with Gasteiger partial charge in [0.1, 0.15) is 0 Å². The number of carbonyl (C=O) groups excluding carboxylic acids is 3. The molecule has 0 aromatic heterocycles. The van der Waals surface area contributed by atoms with E-state index in [0.717, 1.165) is 6.42 Å². The van der Waals surface area contributed by atoms with Gasteiger partial charge in [-0.2, -0.15) is 0 Å². The van der Waals surface area contributed by atoms with Crippen molar-refractivity contribution >= 4 is 17.7 Å². The summed E-state index contributed by atoms with van der Waals surface area (Å²) in [6.07, 6.45) is 0.881. The van der Waals surface area contributed by atoms with E-state index >= 15 is 0 Å². The van der Waals surface area contributed by atoms with Crippen molar-refractivity contribution in [2.75, 3.05) is 13.2 Å². The van der Waals surface area contributed by atoms with Gasteiger partial charge < -0.3 is 9.64 Å². The van der Waals surface area contributed by atoms with Crippen LogP contribution < -0.4 is 0 Å². The molecule has 22 heavy (non-hydrogen) atoms. The van der Waals surface area contributed by atoms with Crippen molar-refractivity contribution in [2.24, 2.45) is 16.7 Å². The standard InChI is InChI=1S/C17H29NO4/c1-8-17(6,7)10-18-13(16(3,4)5)12(19)11(14(18)20)15(21)22-9-2/h11,13H,8-10H2,1-7H3. The third-order valence-electron chi connectivity index (χ3n) is 4.29. The monoisotopic (exact) mass is 311 g/mol. The molecular formula is C17H29NO4. The maximum Gasteiger partial charge on any atom is 0.326 e. The number of esters is 1. The summed E-state index contributed by atoms with van der Waals surface area (Å²) in [5.41, 5.74) is -0.527. The summed E-state index contributed by atoms with van der Waals surface area (Å²) in [5.74, 6) is -2.76. The highest BCUT2D eigenvalue weighted by atomic mass is 16.5. The van der Waals surface area contributed by atoms with Crippen LogP contribution in [0.1, 0.15) is 54.9 Å². The van der Waals surface area contributed by atoms with Crippen LogP contribution in [0, 0.1) is 16.7 Å². The number of nitrogens with zero attached hydrogens (tertiary/aromatic N) is 1. The number of ether oxygens (including phenoxy) is 1. The minimum atomic E-state index is -1.29. The molecule has 0 N–H and O–H groups in total. The van der Waals surface area contributed by atoms with E-state index in [1.165, 1.54) is 0 Å². The predicted octanol–water partition coefficient (Wildman–Crippen LogP) is 2.43. The van der Waals surface area contributed by atoms with Crippen molar-refractivity contribution in [3.63, 3.8) is 0 Å². The van der Waals surface area contributed by atoms with E-state index in [2.05, 4.69) is 20.8 Å². The van der Waals surface area contributed by atoms with E-state index in [1.54, 1.807) is 11.8 Å². The van der Waals surface area contributed by atoms with Gasteiger partial charge >= 0.3 is 5.97 Å². The molecule has 2 atom stereocenters. The van der Waals surface area contributed by atoms with Crippen molar-refractivity contribution in [3.8, 4) is 0 Å². The van der Waals surface area contributed by atoms with Crippen molar-refractivity contribution in [1.82, 2.24) is 4.90 Å². The molecule has 0 aliphatic carbocycles. The molecule has 1 amide bonds. The minimum absolute atomic E-state index is 0.108. The molecule has 5 nitrogen and oxygen atoms in total. The van der Waals surface area contributed by atoms with Crippen LogP contribution in [0.3, 0.4) is 0 Å². The molecule has 126 valence electrons. The Morgan fingerprint density at radius 1 is 1.14 bits per heavy atom. The van der Waals surface area contributed by atoms with Gasteiger partial charge in [0, 0.05) is 6.54 Å². The molecule has 0 spiro atoms. The van der Waals surface area contributed by atoms with E-state index in [1.807, 2.05) is 20.8 Å². The first-order valence-corrected chi connectivity index (χ1v) is 7.97. The number of amides is 1. The molecule has 1 aliphatic heterocycles. The van der Waals surface area contributed by atoms with Crippen molar-refractivity contribution in [1.29, 1.82) is 0 Å². The third kappa shape index (κ3) is 3.68. The van der Waals surface area contributed by atoms with Gasteiger partial charge in [0.05, 0.1) is 12.6 Å². The smallest absolute Gasteiger partial charge is 0.326 e. The van der Waals surface area contributed by atoms with Gasteiger partial charge in [0.25, 0.3) is 0 Å². The van der Waals surface area contributed by atoms with E-state index in [-0.39, 0.29) is 17.8 Å². The lowest BCUT2D eigenvalue weighted by Crippen LogP contribution is -2.48. The second-order valence-corrected chi connectivity index (χ2v) is 7.84. The Labute approximate surface area is 133 Å². The number of hydrogen-bond acceptors (Lipinski definition) is 4. The molecule has 1 saturated heterocycles. The molecule has 1 heterocycles. The van der Waals surface area contributed by atoms with Crippen LogP contribution in [0.4, 0.5) is 0 Å². The van der Waals surface area contributed by atoms with Gasteiger partial charge in [-0.25, -0.2) is 0 Å². The normalized spacial score (nSPS) is 23.1. The van der Waals surface area contributed by atoms with E-state index in [0.29, 0.717) is 6.54 Å². The lowest BCUT2D eigenvalue weighted by atomic mass is 9.81. The molecule has 1 aliphatic rings. The van der Waals surface area contributed by atoms with Gasteiger partial charge in [0.15, 0.2) is 11.7 Å². The number of Topliss-reactive ketones (excluding diaryl/α,β-unsaturated/α-hetero) is 1. The van der Waals surface area contributed by atoms with Crippen LogP contribution in [0.5, 0.6) is 0 Å². The van der Waals surface area contributed by atoms with Gasteiger partial charge in [-0.05, 0) is 24.2 Å². The van der Waals surface area contributed by atoms with Crippen LogP contribution in [0.2, 0.25) is 0 Å². The Kier molecular flexibility index (Phi) is 5.42. The first-order chi connectivity index (χ1) is 9.96. The number of ketones is 1. The summed E-state index contributed by atoms with van der Waals surface area (Å²) >= 11 is 0. The Morgan fingerprint density at radius 2 is 1.68 bits per heavy atom. The lowest BCUT2D eigenvalue weighted by Gasteiger charge is -2.38. The van der Waals surface area contributed by atoms with Gasteiger partial charge in [-0.15, -0.1) is 0 Å². The molecule has 1 rings (SSSR count). The van der Waals surface area contributed by atoms with Crippen LogP contribution in [0.15, 0.2) is 0 Å². The second kappa shape index (κ2) is 6.39. The highest BCUT2D eigenvalue weighted by Gasteiger charge is 2.55. The topological polar surface area (TPSA) is 63.7 Å². The number of carbonyl (C=O) groups is 3. The summed E-state index contributed by atoms with van der Waals surface area (Å²) in [6.45, 7) is 14.2. The Morgan fingerprint density at radius 3 is 2.09 bits per heavy atom. The maximum atomic E-state index is 12.7. The molecule has 0 saturated carbocycles.